The predicted molar refractivity (Wildman–Crippen MR) is 85.5 cm³/mol. The Kier molecular flexibility index (Phi) is 6.04. The van der Waals surface area contributed by atoms with Gasteiger partial charge in [0, 0.05) is 44.9 Å². The lowest BCUT2D eigenvalue weighted by Gasteiger charge is -2.26. The fourth-order valence-electron chi connectivity index (χ4n) is 2.84. The quantitative estimate of drug-likeness (QED) is 0.875. The maximum atomic E-state index is 14.1. The van der Waals surface area contributed by atoms with E-state index in [1.807, 2.05) is 0 Å². The molecule has 0 aliphatic carbocycles. The van der Waals surface area contributed by atoms with Gasteiger partial charge in [0.25, 0.3) is 0 Å². The summed E-state index contributed by atoms with van der Waals surface area (Å²) < 4.78 is 44.1. The summed E-state index contributed by atoms with van der Waals surface area (Å²) in [5.41, 5.74) is -0.284. The zero-order valence-electron chi connectivity index (χ0n) is 13.9. The van der Waals surface area contributed by atoms with E-state index in [1.54, 1.807) is 0 Å². The number of halogens is 2. The minimum atomic E-state index is -0.796. The second-order valence-corrected chi connectivity index (χ2v) is 6.10. The van der Waals surface area contributed by atoms with Gasteiger partial charge in [-0.3, -0.25) is 0 Å². The molecule has 8 heteroatoms. The van der Waals surface area contributed by atoms with E-state index in [-0.39, 0.29) is 24.0 Å². The van der Waals surface area contributed by atoms with E-state index in [2.05, 4.69) is 5.32 Å². The molecule has 1 aromatic carbocycles. The lowest BCUT2D eigenvalue weighted by Crippen LogP contribution is -2.46. The SMILES string of the molecule is O=C(OCc1c(F)cc(OCC2CCCO2)cc1F)N1CCNCC1. The number of hydrogen-bond donors (Lipinski definition) is 1. The number of ether oxygens (including phenoxy) is 3. The van der Waals surface area contributed by atoms with Crippen LogP contribution in [0.3, 0.4) is 0 Å². The van der Waals surface area contributed by atoms with E-state index in [9.17, 15) is 13.6 Å². The molecule has 2 fully saturated rings. The first kappa shape index (κ1) is 17.9. The van der Waals surface area contributed by atoms with Gasteiger partial charge in [0.05, 0.1) is 11.7 Å². The van der Waals surface area contributed by atoms with E-state index in [4.69, 9.17) is 14.2 Å². The van der Waals surface area contributed by atoms with Crippen molar-refractivity contribution < 1.29 is 27.8 Å². The molecule has 2 heterocycles. The molecule has 2 aliphatic heterocycles. The second kappa shape index (κ2) is 8.44. The van der Waals surface area contributed by atoms with Crippen LogP contribution in [0.4, 0.5) is 13.6 Å². The summed E-state index contributed by atoms with van der Waals surface area (Å²) in [5.74, 6) is -1.49. The number of amides is 1. The van der Waals surface area contributed by atoms with Gasteiger partial charge in [-0.1, -0.05) is 0 Å². The van der Waals surface area contributed by atoms with Crippen LogP contribution in [0.2, 0.25) is 0 Å². The van der Waals surface area contributed by atoms with Crippen molar-refractivity contribution in [3.8, 4) is 5.75 Å². The highest BCUT2D eigenvalue weighted by molar-refractivity contribution is 5.67. The van der Waals surface area contributed by atoms with Crippen molar-refractivity contribution in [3.63, 3.8) is 0 Å². The van der Waals surface area contributed by atoms with Gasteiger partial charge in [-0.05, 0) is 12.8 Å². The van der Waals surface area contributed by atoms with Crippen LogP contribution in [0.15, 0.2) is 12.1 Å². The molecule has 138 valence electrons. The first-order valence-electron chi connectivity index (χ1n) is 8.48. The Morgan fingerprint density at radius 2 is 2.00 bits per heavy atom. The van der Waals surface area contributed by atoms with Crippen LogP contribution in [-0.4, -0.2) is 56.5 Å². The number of nitrogens with one attached hydrogen (secondary N) is 1. The van der Waals surface area contributed by atoms with Gasteiger partial charge in [-0.2, -0.15) is 0 Å². The molecule has 0 saturated carbocycles. The topological polar surface area (TPSA) is 60.0 Å². The minimum absolute atomic E-state index is 0.0363. The van der Waals surface area contributed by atoms with Crippen LogP contribution in [0.5, 0.6) is 5.75 Å². The molecule has 1 N–H and O–H groups in total. The van der Waals surface area contributed by atoms with Gasteiger partial charge in [-0.15, -0.1) is 0 Å². The van der Waals surface area contributed by atoms with Crippen molar-refractivity contribution in [2.75, 3.05) is 39.4 Å². The smallest absolute Gasteiger partial charge is 0.410 e. The summed E-state index contributed by atoms with van der Waals surface area (Å²) in [5, 5.41) is 3.11. The van der Waals surface area contributed by atoms with E-state index in [1.165, 1.54) is 4.90 Å². The molecule has 2 aliphatic rings. The molecule has 1 aromatic rings. The number of nitrogens with zero attached hydrogens (tertiary/aromatic N) is 1. The van der Waals surface area contributed by atoms with Crippen LogP contribution in [0.25, 0.3) is 0 Å². The molecule has 25 heavy (non-hydrogen) atoms. The van der Waals surface area contributed by atoms with Crippen molar-refractivity contribution in [3.05, 3.63) is 29.3 Å². The van der Waals surface area contributed by atoms with E-state index in [0.717, 1.165) is 25.0 Å². The number of rotatable bonds is 5. The Morgan fingerprint density at radius 3 is 2.64 bits per heavy atom. The molecular formula is C17H22F2N2O4. The lowest BCUT2D eigenvalue weighted by atomic mass is 10.2. The third-order valence-corrected chi connectivity index (χ3v) is 4.29. The third-order valence-electron chi connectivity index (χ3n) is 4.29. The summed E-state index contributed by atoms with van der Waals surface area (Å²) >= 11 is 0. The first-order chi connectivity index (χ1) is 12.1. The molecule has 1 unspecified atom stereocenters. The summed E-state index contributed by atoms with van der Waals surface area (Å²) in [6.45, 7) is 2.87. The molecule has 2 saturated heterocycles. The van der Waals surface area contributed by atoms with Gasteiger partial charge < -0.3 is 24.4 Å². The largest absolute Gasteiger partial charge is 0.491 e. The maximum absolute atomic E-state index is 14.1. The monoisotopic (exact) mass is 356 g/mol. The van der Waals surface area contributed by atoms with Gasteiger partial charge in [0.1, 0.15) is 30.6 Å². The summed E-state index contributed by atoms with van der Waals surface area (Å²) in [6.07, 6.45) is 1.24. The highest BCUT2D eigenvalue weighted by Gasteiger charge is 2.21. The minimum Gasteiger partial charge on any atom is -0.491 e. The number of piperazine rings is 1. The highest BCUT2D eigenvalue weighted by Crippen LogP contribution is 2.23. The fraction of sp³-hybridized carbons (Fsp3) is 0.588. The average molecular weight is 356 g/mol. The van der Waals surface area contributed by atoms with Crippen molar-refractivity contribution in [2.24, 2.45) is 0 Å². The number of benzene rings is 1. The Balaban J connectivity index is 1.54. The van der Waals surface area contributed by atoms with Crippen LogP contribution in [-0.2, 0) is 16.1 Å². The number of hydrogen-bond acceptors (Lipinski definition) is 5. The third kappa shape index (κ3) is 4.79. The predicted octanol–water partition coefficient (Wildman–Crippen LogP) is 2.06. The summed E-state index contributed by atoms with van der Waals surface area (Å²) in [7, 11) is 0. The zero-order chi connectivity index (χ0) is 17.6. The maximum Gasteiger partial charge on any atom is 0.410 e. The Labute approximate surface area is 145 Å². The molecule has 1 amide bonds. The van der Waals surface area contributed by atoms with Crippen LogP contribution >= 0.6 is 0 Å². The Morgan fingerprint density at radius 1 is 1.28 bits per heavy atom. The second-order valence-electron chi connectivity index (χ2n) is 6.10. The molecule has 3 rings (SSSR count). The molecule has 0 aromatic heterocycles. The molecular weight excluding hydrogens is 334 g/mol. The van der Waals surface area contributed by atoms with Gasteiger partial charge in [-0.25, -0.2) is 13.6 Å². The highest BCUT2D eigenvalue weighted by atomic mass is 19.1. The van der Waals surface area contributed by atoms with Crippen LogP contribution in [0, 0.1) is 11.6 Å². The first-order valence-corrected chi connectivity index (χ1v) is 8.48. The fourth-order valence-corrected chi connectivity index (χ4v) is 2.84. The summed E-state index contributed by atoms with van der Waals surface area (Å²) in [6, 6.07) is 2.21. The normalized spacial score (nSPS) is 20.6. The number of carbonyl (C=O) groups excluding carboxylic acids is 1. The van der Waals surface area contributed by atoms with Crippen molar-refractivity contribution in [2.45, 2.75) is 25.6 Å². The molecule has 0 bridgehead atoms. The Hall–Kier alpha value is -1.93. The zero-order valence-corrected chi connectivity index (χ0v) is 13.9. The number of carbonyl (C=O) groups is 1. The standard InChI is InChI=1S/C17H22F2N2O4/c18-15-8-13(24-10-12-2-1-7-23-12)9-16(19)14(15)11-25-17(22)21-5-3-20-4-6-21/h8-9,12,20H,1-7,10-11H2. The van der Waals surface area contributed by atoms with Crippen molar-refractivity contribution >= 4 is 6.09 Å². The molecule has 6 nitrogen and oxygen atoms in total. The van der Waals surface area contributed by atoms with E-state index < -0.39 is 24.3 Å². The van der Waals surface area contributed by atoms with Crippen LogP contribution < -0.4 is 10.1 Å². The van der Waals surface area contributed by atoms with E-state index in [0.29, 0.717) is 32.8 Å². The van der Waals surface area contributed by atoms with Crippen LogP contribution in [0.1, 0.15) is 18.4 Å². The average Bonchev–Trinajstić information content (AvgIpc) is 3.13. The van der Waals surface area contributed by atoms with Gasteiger partial charge in [0.2, 0.25) is 0 Å². The van der Waals surface area contributed by atoms with Gasteiger partial charge >= 0.3 is 6.09 Å². The molecule has 1 atom stereocenters. The van der Waals surface area contributed by atoms with Crippen molar-refractivity contribution in [1.82, 2.24) is 10.2 Å². The van der Waals surface area contributed by atoms with Crippen molar-refractivity contribution in [1.29, 1.82) is 0 Å². The lowest BCUT2D eigenvalue weighted by molar-refractivity contribution is 0.0675. The van der Waals surface area contributed by atoms with Gasteiger partial charge in [0.15, 0.2) is 0 Å². The molecule has 0 radical (unpaired) electrons. The van der Waals surface area contributed by atoms with E-state index >= 15 is 0 Å². The molecule has 0 spiro atoms. The summed E-state index contributed by atoms with van der Waals surface area (Å²) in [4.78, 5) is 13.4. The Bertz CT molecular complexity index is 579.